The van der Waals surface area contributed by atoms with Gasteiger partial charge in [-0.15, -0.1) is 0 Å². The van der Waals surface area contributed by atoms with Crippen LogP contribution in [0.5, 0.6) is 0 Å². The van der Waals surface area contributed by atoms with Gasteiger partial charge in [0.1, 0.15) is 0 Å². The molecule has 1 atom stereocenters. The molecule has 2 rings (SSSR count). The van der Waals surface area contributed by atoms with Crippen LogP contribution < -0.4 is 16.4 Å². The van der Waals surface area contributed by atoms with Crippen LogP contribution in [0.3, 0.4) is 0 Å². The summed E-state index contributed by atoms with van der Waals surface area (Å²) >= 11 is 5.89. The fourth-order valence-electron chi connectivity index (χ4n) is 2.87. The molecule has 0 radical (unpaired) electrons. The van der Waals surface area contributed by atoms with Crippen molar-refractivity contribution in [2.45, 2.75) is 33.2 Å². The highest BCUT2D eigenvalue weighted by atomic mass is 35.5. The lowest BCUT2D eigenvalue weighted by atomic mass is 10.0. The summed E-state index contributed by atoms with van der Waals surface area (Å²) in [7, 11) is 0. The van der Waals surface area contributed by atoms with Gasteiger partial charge in [0.2, 0.25) is 5.91 Å². The molecule has 132 valence electrons. The maximum absolute atomic E-state index is 12.5. The Balaban J connectivity index is 2.17. The lowest BCUT2D eigenvalue weighted by molar-refractivity contribution is -0.116. The zero-order valence-corrected chi connectivity index (χ0v) is 15.3. The van der Waals surface area contributed by atoms with Gasteiger partial charge in [-0.25, -0.2) is 4.79 Å². The van der Waals surface area contributed by atoms with E-state index in [0.29, 0.717) is 5.02 Å². The maximum Gasteiger partial charge on any atom is 0.312 e. The van der Waals surface area contributed by atoms with Crippen molar-refractivity contribution in [3.05, 3.63) is 63.7 Å². The number of nitrogens with one attached hydrogen (secondary N) is 2. The smallest absolute Gasteiger partial charge is 0.312 e. The van der Waals surface area contributed by atoms with E-state index in [2.05, 4.69) is 10.6 Å². The zero-order chi connectivity index (χ0) is 18.6. The van der Waals surface area contributed by atoms with Crippen molar-refractivity contribution in [1.82, 2.24) is 5.32 Å². The van der Waals surface area contributed by atoms with Gasteiger partial charge in [0.25, 0.3) is 0 Å². The van der Waals surface area contributed by atoms with E-state index < -0.39 is 12.1 Å². The number of carbonyl (C=O) groups is 2. The van der Waals surface area contributed by atoms with Crippen LogP contribution in [0, 0.1) is 20.8 Å². The van der Waals surface area contributed by atoms with Crippen molar-refractivity contribution < 1.29 is 9.59 Å². The normalized spacial score (nSPS) is 11.7. The summed E-state index contributed by atoms with van der Waals surface area (Å²) in [5.41, 5.74) is 9.94. The molecule has 0 aliphatic carbocycles. The standard InChI is InChI=1S/C19H22ClN3O2/c1-11-8-12(2)18(13(3)9-11)23-17(24)10-16(22-19(21)25)14-4-6-15(20)7-5-14/h4-9,16H,10H2,1-3H3,(H,23,24)(H3,21,22,25)/t16-/m0/s1. The highest BCUT2D eigenvalue weighted by Gasteiger charge is 2.18. The first-order valence-electron chi connectivity index (χ1n) is 7.95. The molecule has 25 heavy (non-hydrogen) atoms. The molecule has 3 amide bonds. The van der Waals surface area contributed by atoms with E-state index in [9.17, 15) is 9.59 Å². The molecular weight excluding hydrogens is 338 g/mol. The SMILES string of the molecule is Cc1cc(C)c(NC(=O)C[C@H](NC(N)=O)c2ccc(Cl)cc2)c(C)c1. The van der Waals surface area contributed by atoms with Gasteiger partial charge >= 0.3 is 6.03 Å². The Hall–Kier alpha value is -2.53. The minimum Gasteiger partial charge on any atom is -0.352 e. The van der Waals surface area contributed by atoms with Crippen molar-refractivity contribution in [2.75, 3.05) is 5.32 Å². The molecule has 0 saturated carbocycles. The van der Waals surface area contributed by atoms with Crippen molar-refractivity contribution in [1.29, 1.82) is 0 Å². The third kappa shape index (κ3) is 5.22. The quantitative estimate of drug-likeness (QED) is 0.753. The van der Waals surface area contributed by atoms with Crippen LogP contribution in [0.25, 0.3) is 0 Å². The second-order valence-electron chi connectivity index (χ2n) is 6.14. The van der Waals surface area contributed by atoms with E-state index in [1.807, 2.05) is 32.9 Å². The first-order chi connectivity index (χ1) is 11.8. The van der Waals surface area contributed by atoms with Gasteiger partial charge in [0.05, 0.1) is 12.5 Å². The molecule has 4 N–H and O–H groups in total. The number of amides is 3. The third-order valence-electron chi connectivity index (χ3n) is 3.92. The van der Waals surface area contributed by atoms with E-state index in [-0.39, 0.29) is 12.3 Å². The number of rotatable bonds is 5. The fourth-order valence-corrected chi connectivity index (χ4v) is 3.00. The van der Waals surface area contributed by atoms with E-state index in [4.69, 9.17) is 17.3 Å². The van der Waals surface area contributed by atoms with E-state index in [0.717, 1.165) is 27.9 Å². The fraction of sp³-hybridized carbons (Fsp3) is 0.263. The number of urea groups is 1. The zero-order valence-electron chi connectivity index (χ0n) is 14.5. The molecular formula is C19H22ClN3O2. The lowest BCUT2D eigenvalue weighted by Gasteiger charge is -2.19. The summed E-state index contributed by atoms with van der Waals surface area (Å²) in [5, 5.41) is 6.12. The summed E-state index contributed by atoms with van der Waals surface area (Å²) < 4.78 is 0. The Morgan fingerprint density at radius 1 is 1.08 bits per heavy atom. The summed E-state index contributed by atoms with van der Waals surface area (Å²) in [6, 6.07) is 9.76. The third-order valence-corrected chi connectivity index (χ3v) is 4.17. The van der Waals surface area contributed by atoms with Crippen LogP contribution in [0.4, 0.5) is 10.5 Å². The summed E-state index contributed by atoms with van der Waals surface area (Å²) in [5.74, 6) is -0.205. The number of nitrogens with two attached hydrogens (primary N) is 1. The molecule has 0 bridgehead atoms. The number of hydrogen-bond acceptors (Lipinski definition) is 2. The molecule has 0 saturated heterocycles. The summed E-state index contributed by atoms with van der Waals surface area (Å²) in [6.45, 7) is 5.92. The number of halogens is 1. The van der Waals surface area contributed by atoms with Gasteiger partial charge in [-0.3, -0.25) is 4.79 Å². The van der Waals surface area contributed by atoms with Crippen LogP contribution in [0.1, 0.15) is 34.7 Å². The number of primary amides is 1. The minimum absolute atomic E-state index is 0.0668. The monoisotopic (exact) mass is 359 g/mol. The van der Waals surface area contributed by atoms with Gasteiger partial charge in [-0.05, 0) is 49.6 Å². The van der Waals surface area contributed by atoms with Crippen LogP contribution in [-0.2, 0) is 4.79 Å². The molecule has 0 aromatic heterocycles. The minimum atomic E-state index is -0.685. The molecule has 2 aromatic rings. The Bertz CT molecular complexity index is 765. The molecule has 0 aliphatic rings. The van der Waals surface area contributed by atoms with E-state index >= 15 is 0 Å². The van der Waals surface area contributed by atoms with E-state index in [1.165, 1.54) is 0 Å². The highest BCUT2D eigenvalue weighted by molar-refractivity contribution is 6.30. The van der Waals surface area contributed by atoms with Crippen molar-refractivity contribution in [2.24, 2.45) is 5.73 Å². The number of hydrogen-bond donors (Lipinski definition) is 3. The Morgan fingerprint density at radius 3 is 2.16 bits per heavy atom. The van der Waals surface area contributed by atoms with Crippen LogP contribution in [0.15, 0.2) is 36.4 Å². The largest absolute Gasteiger partial charge is 0.352 e. The topological polar surface area (TPSA) is 84.2 Å². The van der Waals surface area contributed by atoms with Crippen molar-refractivity contribution in [3.63, 3.8) is 0 Å². The molecule has 0 aliphatic heterocycles. The van der Waals surface area contributed by atoms with Crippen LogP contribution >= 0.6 is 11.6 Å². The average Bonchev–Trinajstić information content (AvgIpc) is 2.50. The molecule has 0 heterocycles. The molecule has 0 fully saturated rings. The lowest BCUT2D eigenvalue weighted by Crippen LogP contribution is -2.35. The van der Waals surface area contributed by atoms with Crippen LogP contribution in [-0.4, -0.2) is 11.9 Å². The predicted molar refractivity (Wildman–Crippen MR) is 101 cm³/mol. The Morgan fingerprint density at radius 2 is 1.64 bits per heavy atom. The summed E-state index contributed by atoms with van der Waals surface area (Å²) in [6.07, 6.45) is 0.0668. The molecule has 6 heteroatoms. The first kappa shape index (κ1) is 18.8. The van der Waals surface area contributed by atoms with Gasteiger partial charge in [-0.1, -0.05) is 41.4 Å². The number of anilines is 1. The number of benzene rings is 2. The van der Waals surface area contributed by atoms with Crippen molar-refractivity contribution in [3.8, 4) is 0 Å². The van der Waals surface area contributed by atoms with Gasteiger partial charge in [0.15, 0.2) is 0 Å². The van der Waals surface area contributed by atoms with Crippen LogP contribution in [0.2, 0.25) is 5.02 Å². The summed E-state index contributed by atoms with van der Waals surface area (Å²) in [4.78, 5) is 23.8. The second kappa shape index (κ2) is 8.03. The average molecular weight is 360 g/mol. The van der Waals surface area contributed by atoms with Gasteiger partial charge in [0, 0.05) is 10.7 Å². The predicted octanol–water partition coefficient (Wildman–Crippen LogP) is 4.00. The Kier molecular flexibility index (Phi) is 6.04. The first-order valence-corrected chi connectivity index (χ1v) is 8.33. The number of aryl methyl sites for hydroxylation is 3. The van der Waals surface area contributed by atoms with Gasteiger partial charge < -0.3 is 16.4 Å². The second-order valence-corrected chi connectivity index (χ2v) is 6.58. The highest BCUT2D eigenvalue weighted by Crippen LogP contribution is 2.24. The van der Waals surface area contributed by atoms with Gasteiger partial charge in [-0.2, -0.15) is 0 Å². The molecule has 2 aromatic carbocycles. The molecule has 0 unspecified atom stereocenters. The molecule has 0 spiro atoms. The van der Waals surface area contributed by atoms with E-state index in [1.54, 1.807) is 24.3 Å². The maximum atomic E-state index is 12.5. The molecule has 5 nitrogen and oxygen atoms in total. The number of carbonyl (C=O) groups excluding carboxylic acids is 2. The Labute approximate surface area is 152 Å². The van der Waals surface area contributed by atoms with Crippen molar-refractivity contribution >= 4 is 29.2 Å².